The molecule has 8 heteroatoms. The number of benzene rings is 2. The van der Waals surface area contributed by atoms with Gasteiger partial charge >= 0.3 is 5.97 Å². The number of hydrogen-bond acceptors (Lipinski definition) is 4. The maximum Gasteiger partial charge on any atom is 0.326 e. The van der Waals surface area contributed by atoms with Crippen LogP contribution in [0.25, 0.3) is 11.0 Å². The second-order valence-electron chi connectivity index (χ2n) is 5.77. The van der Waals surface area contributed by atoms with Crippen molar-refractivity contribution in [1.29, 1.82) is 0 Å². The van der Waals surface area contributed by atoms with E-state index in [2.05, 4.69) is 10.3 Å². The number of nitrogens with one attached hydrogen (secondary N) is 1. The Morgan fingerprint density at radius 3 is 2.70 bits per heavy atom. The average Bonchev–Trinajstić information content (AvgIpc) is 3.01. The van der Waals surface area contributed by atoms with Crippen LogP contribution in [0.2, 0.25) is 10.0 Å². The predicted molar refractivity (Wildman–Crippen MR) is 105 cm³/mol. The van der Waals surface area contributed by atoms with E-state index in [1.807, 2.05) is 31.2 Å². The van der Waals surface area contributed by atoms with Crippen LogP contribution < -0.4 is 5.32 Å². The first-order valence-electron chi connectivity index (χ1n) is 8.33. The predicted octanol–water partition coefficient (Wildman–Crippen LogP) is 4.09. The van der Waals surface area contributed by atoms with Crippen LogP contribution in [0.5, 0.6) is 0 Å². The molecule has 3 rings (SSSR count). The lowest BCUT2D eigenvalue weighted by Crippen LogP contribution is -2.23. The number of nitrogens with zero attached hydrogens (tertiary/aromatic N) is 2. The average molecular weight is 406 g/mol. The van der Waals surface area contributed by atoms with E-state index >= 15 is 0 Å². The number of hydrogen-bond donors (Lipinski definition) is 1. The van der Waals surface area contributed by atoms with Gasteiger partial charge in [0.25, 0.3) is 5.91 Å². The van der Waals surface area contributed by atoms with Crippen molar-refractivity contribution >= 4 is 51.8 Å². The van der Waals surface area contributed by atoms with Gasteiger partial charge in [0.15, 0.2) is 6.61 Å². The standard InChI is InChI=1S/C19H17Cl2N3O3/c1-2-16-22-13-7-3-4-9-15(13)24(16)10-18(26)27-11-17(25)23-14-8-5-6-12(20)19(14)21/h3-9H,2,10-11H2,1H3,(H,23,25). The number of aryl methyl sites for hydroxylation is 1. The summed E-state index contributed by atoms with van der Waals surface area (Å²) in [7, 11) is 0. The maximum absolute atomic E-state index is 12.2. The molecule has 1 aromatic heterocycles. The molecule has 0 bridgehead atoms. The summed E-state index contributed by atoms with van der Waals surface area (Å²) in [5.74, 6) is -0.248. The Morgan fingerprint density at radius 2 is 1.93 bits per heavy atom. The minimum Gasteiger partial charge on any atom is -0.454 e. The summed E-state index contributed by atoms with van der Waals surface area (Å²) in [4.78, 5) is 28.7. The van der Waals surface area contributed by atoms with Gasteiger partial charge in [-0.1, -0.05) is 48.3 Å². The molecule has 1 heterocycles. The van der Waals surface area contributed by atoms with Crippen LogP contribution in [-0.2, 0) is 27.3 Å². The van der Waals surface area contributed by atoms with Gasteiger partial charge in [-0.2, -0.15) is 0 Å². The van der Waals surface area contributed by atoms with Crippen molar-refractivity contribution < 1.29 is 14.3 Å². The third-order valence-electron chi connectivity index (χ3n) is 3.93. The van der Waals surface area contributed by atoms with Gasteiger partial charge in [-0.05, 0) is 24.3 Å². The van der Waals surface area contributed by atoms with Gasteiger partial charge in [0, 0.05) is 6.42 Å². The molecule has 0 aliphatic heterocycles. The highest BCUT2D eigenvalue weighted by Crippen LogP contribution is 2.29. The summed E-state index contributed by atoms with van der Waals surface area (Å²) in [5.41, 5.74) is 2.02. The van der Waals surface area contributed by atoms with Crippen LogP contribution in [-0.4, -0.2) is 28.0 Å². The molecule has 0 spiro atoms. The third-order valence-corrected chi connectivity index (χ3v) is 4.75. The first-order chi connectivity index (χ1) is 13.0. The number of para-hydroxylation sites is 2. The Bertz CT molecular complexity index is 1000. The molecule has 1 N–H and O–H groups in total. The fraction of sp³-hybridized carbons (Fsp3) is 0.211. The maximum atomic E-state index is 12.2. The Hall–Kier alpha value is -2.57. The minimum absolute atomic E-state index is 0.0190. The van der Waals surface area contributed by atoms with Crippen molar-refractivity contribution in [2.75, 3.05) is 11.9 Å². The van der Waals surface area contributed by atoms with Crippen LogP contribution in [0.15, 0.2) is 42.5 Å². The normalized spacial score (nSPS) is 10.8. The van der Waals surface area contributed by atoms with Crippen LogP contribution in [0.4, 0.5) is 5.69 Å². The molecule has 0 atom stereocenters. The van der Waals surface area contributed by atoms with E-state index in [9.17, 15) is 9.59 Å². The summed E-state index contributed by atoms with van der Waals surface area (Å²) in [6.07, 6.45) is 0.676. The lowest BCUT2D eigenvalue weighted by molar-refractivity contribution is -0.147. The Balaban J connectivity index is 1.62. The van der Waals surface area contributed by atoms with Gasteiger partial charge in [0.1, 0.15) is 12.4 Å². The van der Waals surface area contributed by atoms with E-state index in [-0.39, 0.29) is 11.6 Å². The lowest BCUT2D eigenvalue weighted by Gasteiger charge is -2.10. The van der Waals surface area contributed by atoms with Crippen molar-refractivity contribution in [3.05, 3.63) is 58.3 Å². The molecule has 0 saturated heterocycles. The molecule has 140 valence electrons. The second kappa shape index (κ2) is 8.41. The largest absolute Gasteiger partial charge is 0.454 e. The molecule has 0 unspecified atom stereocenters. The molecular formula is C19H17Cl2N3O3. The Labute approximate surface area is 166 Å². The van der Waals surface area contributed by atoms with Gasteiger partial charge < -0.3 is 14.6 Å². The number of imidazole rings is 1. The van der Waals surface area contributed by atoms with Crippen molar-refractivity contribution in [3.8, 4) is 0 Å². The fourth-order valence-corrected chi connectivity index (χ4v) is 3.03. The Kier molecular flexibility index (Phi) is 5.98. The first-order valence-corrected chi connectivity index (χ1v) is 9.08. The highest BCUT2D eigenvalue weighted by molar-refractivity contribution is 6.44. The number of esters is 1. The first kappa shape index (κ1) is 19.2. The number of rotatable bonds is 6. The van der Waals surface area contributed by atoms with Gasteiger partial charge in [0.05, 0.1) is 26.8 Å². The molecule has 2 aromatic carbocycles. The zero-order chi connectivity index (χ0) is 19.4. The van der Waals surface area contributed by atoms with Crippen molar-refractivity contribution in [1.82, 2.24) is 9.55 Å². The van der Waals surface area contributed by atoms with Gasteiger partial charge in [-0.3, -0.25) is 9.59 Å². The van der Waals surface area contributed by atoms with E-state index in [0.29, 0.717) is 17.1 Å². The van der Waals surface area contributed by atoms with Crippen LogP contribution in [0.3, 0.4) is 0 Å². The second-order valence-corrected chi connectivity index (χ2v) is 6.55. The molecule has 0 aliphatic carbocycles. The van der Waals surface area contributed by atoms with E-state index in [1.54, 1.807) is 22.8 Å². The van der Waals surface area contributed by atoms with Crippen molar-refractivity contribution in [2.24, 2.45) is 0 Å². The quantitative estimate of drug-likeness (QED) is 0.626. The molecule has 27 heavy (non-hydrogen) atoms. The summed E-state index contributed by atoms with van der Waals surface area (Å²) in [6.45, 7) is 1.52. The molecule has 3 aromatic rings. The van der Waals surface area contributed by atoms with Crippen molar-refractivity contribution in [2.45, 2.75) is 19.9 Å². The van der Waals surface area contributed by atoms with E-state index in [4.69, 9.17) is 27.9 Å². The number of ether oxygens (including phenoxy) is 1. The van der Waals surface area contributed by atoms with Gasteiger partial charge in [0.2, 0.25) is 0 Å². The topological polar surface area (TPSA) is 73.2 Å². The van der Waals surface area contributed by atoms with E-state index in [0.717, 1.165) is 16.9 Å². The molecular weight excluding hydrogens is 389 g/mol. The van der Waals surface area contributed by atoms with E-state index < -0.39 is 18.5 Å². The smallest absolute Gasteiger partial charge is 0.326 e. The molecule has 0 saturated carbocycles. The summed E-state index contributed by atoms with van der Waals surface area (Å²) in [6, 6.07) is 12.4. The monoisotopic (exact) mass is 405 g/mol. The minimum atomic E-state index is -0.528. The number of amides is 1. The number of fused-ring (bicyclic) bond motifs is 1. The summed E-state index contributed by atoms with van der Waals surface area (Å²) >= 11 is 11.9. The van der Waals surface area contributed by atoms with Gasteiger partial charge in [-0.25, -0.2) is 4.98 Å². The lowest BCUT2D eigenvalue weighted by atomic mass is 10.3. The Morgan fingerprint density at radius 1 is 1.15 bits per heavy atom. The molecule has 0 aliphatic rings. The zero-order valence-electron chi connectivity index (χ0n) is 14.5. The van der Waals surface area contributed by atoms with Gasteiger partial charge in [-0.15, -0.1) is 0 Å². The van der Waals surface area contributed by atoms with Crippen molar-refractivity contribution in [3.63, 3.8) is 0 Å². The number of carbonyl (C=O) groups is 2. The number of halogens is 2. The SMILES string of the molecule is CCc1nc2ccccc2n1CC(=O)OCC(=O)Nc1cccc(Cl)c1Cl. The summed E-state index contributed by atoms with van der Waals surface area (Å²) < 4.78 is 6.89. The summed E-state index contributed by atoms with van der Waals surface area (Å²) in [5, 5.41) is 3.12. The highest BCUT2D eigenvalue weighted by Gasteiger charge is 2.15. The number of aromatic nitrogens is 2. The number of anilines is 1. The zero-order valence-corrected chi connectivity index (χ0v) is 16.0. The fourth-order valence-electron chi connectivity index (χ4n) is 2.68. The highest BCUT2D eigenvalue weighted by atomic mass is 35.5. The van der Waals surface area contributed by atoms with Crippen LogP contribution >= 0.6 is 23.2 Å². The number of carbonyl (C=O) groups excluding carboxylic acids is 2. The molecule has 0 radical (unpaired) electrons. The third kappa shape index (κ3) is 4.40. The molecule has 1 amide bonds. The van der Waals surface area contributed by atoms with Crippen LogP contribution in [0.1, 0.15) is 12.7 Å². The van der Waals surface area contributed by atoms with E-state index in [1.165, 1.54) is 0 Å². The molecule has 0 fully saturated rings. The molecule has 6 nitrogen and oxygen atoms in total. The van der Waals surface area contributed by atoms with Crippen LogP contribution in [0, 0.1) is 0 Å².